The summed E-state index contributed by atoms with van der Waals surface area (Å²) in [5.74, 6) is 2.19. The van der Waals surface area contributed by atoms with Gasteiger partial charge in [-0.3, -0.25) is 0 Å². The predicted octanol–water partition coefficient (Wildman–Crippen LogP) is 2.49. The molecule has 3 aromatic rings. The van der Waals surface area contributed by atoms with E-state index in [0.29, 0.717) is 5.78 Å². The molecule has 1 N–H and O–H groups in total. The fourth-order valence-electron chi connectivity index (χ4n) is 2.06. The third-order valence-electron chi connectivity index (χ3n) is 3.27. The molecule has 0 radical (unpaired) electrons. The lowest BCUT2D eigenvalue weighted by Gasteiger charge is -2.14. The topological polar surface area (TPSA) is 64.3 Å². The third kappa shape index (κ3) is 1.95. The van der Waals surface area contributed by atoms with Crippen LogP contribution in [0.3, 0.4) is 0 Å². The summed E-state index contributed by atoms with van der Waals surface area (Å²) in [7, 11) is 1.65. The molecule has 0 aliphatic rings. The molecule has 6 nitrogen and oxygen atoms in total. The van der Waals surface area contributed by atoms with Crippen LogP contribution in [0, 0.1) is 13.8 Å². The molecule has 1 aromatic carbocycles. The van der Waals surface area contributed by atoms with Crippen LogP contribution < -0.4 is 10.1 Å². The lowest BCUT2D eigenvalue weighted by Crippen LogP contribution is -2.07. The van der Waals surface area contributed by atoms with E-state index in [1.54, 1.807) is 11.6 Å². The summed E-state index contributed by atoms with van der Waals surface area (Å²) in [5, 5.41) is 7.57. The largest absolute Gasteiger partial charge is 0.495 e. The number of nitrogens with one attached hydrogen (secondary N) is 1. The number of benzene rings is 1. The van der Waals surface area contributed by atoms with Crippen molar-refractivity contribution in [2.24, 2.45) is 0 Å². The number of rotatable bonds is 3. The molecule has 2 aromatic heterocycles. The molecule has 0 saturated heterocycles. The average Bonchev–Trinajstić information content (AvgIpc) is 2.92. The van der Waals surface area contributed by atoms with Crippen LogP contribution in [-0.4, -0.2) is 26.7 Å². The first kappa shape index (κ1) is 12.4. The molecular formula is C14H15N5O. The van der Waals surface area contributed by atoms with Crippen molar-refractivity contribution >= 4 is 17.3 Å². The monoisotopic (exact) mass is 269 g/mol. The smallest absolute Gasteiger partial charge is 0.254 e. The number of para-hydroxylation sites is 2. The van der Waals surface area contributed by atoms with Crippen molar-refractivity contribution in [3.05, 3.63) is 41.9 Å². The minimum atomic E-state index is 0.575. The zero-order chi connectivity index (χ0) is 14.1. The molecule has 2 heterocycles. The maximum Gasteiger partial charge on any atom is 0.254 e. The maximum absolute atomic E-state index is 5.36. The summed E-state index contributed by atoms with van der Waals surface area (Å²) in [5.41, 5.74) is 2.82. The normalized spacial score (nSPS) is 10.8. The van der Waals surface area contributed by atoms with Crippen molar-refractivity contribution in [3.63, 3.8) is 0 Å². The highest BCUT2D eigenvalue weighted by Crippen LogP contribution is 2.29. The van der Waals surface area contributed by atoms with Crippen molar-refractivity contribution < 1.29 is 4.74 Å². The number of anilines is 2. The fourth-order valence-corrected chi connectivity index (χ4v) is 2.06. The molecule has 0 unspecified atom stereocenters. The number of aromatic nitrogens is 4. The van der Waals surface area contributed by atoms with Gasteiger partial charge in [0.2, 0.25) is 0 Å². The van der Waals surface area contributed by atoms with E-state index in [2.05, 4.69) is 20.4 Å². The van der Waals surface area contributed by atoms with Crippen LogP contribution >= 0.6 is 0 Å². The molecule has 3 rings (SSSR count). The first-order valence-corrected chi connectivity index (χ1v) is 6.27. The molecule has 0 bridgehead atoms. The molecule has 20 heavy (non-hydrogen) atoms. The first-order chi connectivity index (χ1) is 9.70. The standard InChI is InChI=1S/C14H15N5O/c1-9-10(2)17-14-15-8-16-19(14)13(9)18-11-6-4-5-7-12(11)20-3/h4-8,18H,1-3H3. The predicted molar refractivity (Wildman–Crippen MR) is 76.5 cm³/mol. The average molecular weight is 269 g/mol. The van der Waals surface area contributed by atoms with Crippen LogP contribution in [0.25, 0.3) is 5.78 Å². The molecule has 0 fully saturated rings. The summed E-state index contributed by atoms with van der Waals surface area (Å²) in [6, 6.07) is 7.74. The van der Waals surface area contributed by atoms with Gasteiger partial charge >= 0.3 is 0 Å². The Bertz CT molecular complexity index is 765. The van der Waals surface area contributed by atoms with Crippen LogP contribution in [0.5, 0.6) is 5.75 Å². The second kappa shape index (κ2) is 4.80. The van der Waals surface area contributed by atoms with Crippen molar-refractivity contribution in [2.45, 2.75) is 13.8 Å². The lowest BCUT2D eigenvalue weighted by molar-refractivity contribution is 0.417. The molecule has 0 spiro atoms. The summed E-state index contributed by atoms with van der Waals surface area (Å²) < 4.78 is 7.05. The summed E-state index contributed by atoms with van der Waals surface area (Å²) in [6.45, 7) is 3.96. The van der Waals surface area contributed by atoms with Crippen molar-refractivity contribution in [1.29, 1.82) is 0 Å². The van der Waals surface area contributed by atoms with E-state index in [0.717, 1.165) is 28.5 Å². The van der Waals surface area contributed by atoms with E-state index in [4.69, 9.17) is 4.74 Å². The van der Waals surface area contributed by atoms with Crippen LogP contribution in [0.4, 0.5) is 11.5 Å². The maximum atomic E-state index is 5.36. The molecule has 0 amide bonds. The Morgan fingerprint density at radius 3 is 2.80 bits per heavy atom. The number of hydrogen-bond donors (Lipinski definition) is 1. The molecule has 6 heteroatoms. The van der Waals surface area contributed by atoms with E-state index < -0.39 is 0 Å². The van der Waals surface area contributed by atoms with Crippen LogP contribution in [0.1, 0.15) is 11.3 Å². The van der Waals surface area contributed by atoms with Crippen molar-refractivity contribution in [1.82, 2.24) is 19.6 Å². The quantitative estimate of drug-likeness (QED) is 0.791. The number of hydrogen-bond acceptors (Lipinski definition) is 5. The zero-order valence-corrected chi connectivity index (χ0v) is 11.6. The van der Waals surface area contributed by atoms with Crippen molar-refractivity contribution in [3.8, 4) is 5.75 Å². The number of methoxy groups -OCH3 is 1. The van der Waals surface area contributed by atoms with E-state index in [9.17, 15) is 0 Å². The molecule has 0 aliphatic heterocycles. The third-order valence-corrected chi connectivity index (χ3v) is 3.27. The van der Waals surface area contributed by atoms with Gasteiger partial charge in [-0.1, -0.05) is 12.1 Å². The Labute approximate surface area is 116 Å². The van der Waals surface area contributed by atoms with Gasteiger partial charge in [0.1, 0.15) is 17.9 Å². The first-order valence-electron chi connectivity index (χ1n) is 6.27. The molecule has 0 aliphatic carbocycles. The Hall–Kier alpha value is -2.63. The summed E-state index contributed by atoms with van der Waals surface area (Å²) >= 11 is 0. The highest BCUT2D eigenvalue weighted by atomic mass is 16.5. The Kier molecular flexibility index (Phi) is 2.98. The molecule has 0 saturated carbocycles. The van der Waals surface area contributed by atoms with E-state index >= 15 is 0 Å². The van der Waals surface area contributed by atoms with Gasteiger partial charge in [-0.25, -0.2) is 4.98 Å². The van der Waals surface area contributed by atoms with Crippen LogP contribution in [0.2, 0.25) is 0 Å². The molecular weight excluding hydrogens is 254 g/mol. The SMILES string of the molecule is COc1ccccc1Nc1c(C)c(C)nc2ncnn12. The van der Waals surface area contributed by atoms with Gasteiger partial charge in [0.05, 0.1) is 12.8 Å². The number of ether oxygens (including phenoxy) is 1. The van der Waals surface area contributed by atoms with Gasteiger partial charge in [0, 0.05) is 11.3 Å². The second-order valence-electron chi connectivity index (χ2n) is 4.47. The number of aryl methyl sites for hydroxylation is 1. The Balaban J connectivity index is 2.15. The van der Waals surface area contributed by atoms with Gasteiger partial charge in [0.25, 0.3) is 5.78 Å². The summed E-state index contributed by atoms with van der Waals surface area (Å²) in [6.07, 6.45) is 1.49. The zero-order valence-electron chi connectivity index (χ0n) is 11.6. The highest BCUT2D eigenvalue weighted by Gasteiger charge is 2.12. The molecule has 0 atom stereocenters. The Morgan fingerprint density at radius 2 is 2.00 bits per heavy atom. The number of fused-ring (bicyclic) bond motifs is 1. The van der Waals surface area contributed by atoms with E-state index in [1.165, 1.54) is 6.33 Å². The van der Waals surface area contributed by atoms with E-state index in [-0.39, 0.29) is 0 Å². The van der Waals surface area contributed by atoms with Gasteiger partial charge in [0.15, 0.2) is 0 Å². The van der Waals surface area contributed by atoms with E-state index in [1.807, 2.05) is 38.1 Å². The summed E-state index contributed by atoms with van der Waals surface area (Å²) in [4.78, 5) is 8.53. The van der Waals surface area contributed by atoms with Gasteiger partial charge < -0.3 is 10.1 Å². The van der Waals surface area contributed by atoms with Gasteiger partial charge in [-0.2, -0.15) is 14.6 Å². The lowest BCUT2D eigenvalue weighted by atomic mass is 10.2. The van der Waals surface area contributed by atoms with Gasteiger partial charge in [-0.15, -0.1) is 0 Å². The van der Waals surface area contributed by atoms with Crippen LogP contribution in [-0.2, 0) is 0 Å². The molecule has 102 valence electrons. The number of nitrogens with zero attached hydrogens (tertiary/aromatic N) is 4. The Morgan fingerprint density at radius 1 is 1.20 bits per heavy atom. The van der Waals surface area contributed by atoms with Gasteiger partial charge in [-0.05, 0) is 26.0 Å². The second-order valence-corrected chi connectivity index (χ2v) is 4.47. The minimum Gasteiger partial charge on any atom is -0.495 e. The van der Waals surface area contributed by atoms with Crippen LogP contribution in [0.15, 0.2) is 30.6 Å². The minimum absolute atomic E-state index is 0.575. The highest BCUT2D eigenvalue weighted by molar-refractivity contribution is 5.67. The van der Waals surface area contributed by atoms with Crippen molar-refractivity contribution in [2.75, 3.05) is 12.4 Å². The fraction of sp³-hybridized carbons (Fsp3) is 0.214.